The quantitative estimate of drug-likeness (QED) is 0.642. The third kappa shape index (κ3) is 3.82. The average molecular weight is 403 g/mol. The van der Waals surface area contributed by atoms with Gasteiger partial charge in [-0.2, -0.15) is 9.40 Å². The molecule has 28 heavy (non-hydrogen) atoms. The first-order chi connectivity index (χ1) is 13.2. The first-order valence-corrected chi connectivity index (χ1v) is 10.1. The summed E-state index contributed by atoms with van der Waals surface area (Å²) < 4.78 is 28.8. The molecule has 9 nitrogen and oxygen atoms in total. The van der Waals surface area contributed by atoms with Crippen LogP contribution in [0.4, 0.5) is 5.69 Å². The molecule has 0 aliphatic rings. The van der Waals surface area contributed by atoms with Crippen molar-refractivity contribution in [1.82, 2.24) is 19.1 Å². The molecule has 3 aromatic rings. The number of nitrogens with one attached hydrogen (secondary N) is 2. The molecule has 0 atom stereocenters. The summed E-state index contributed by atoms with van der Waals surface area (Å²) in [5, 5.41) is 9.87. The smallest absolute Gasteiger partial charge is 0.252 e. The van der Waals surface area contributed by atoms with Gasteiger partial charge >= 0.3 is 0 Å². The van der Waals surface area contributed by atoms with Gasteiger partial charge in [0, 0.05) is 36.9 Å². The second-order valence-electron chi connectivity index (χ2n) is 6.44. The maximum absolute atomic E-state index is 13.2. The van der Waals surface area contributed by atoms with E-state index in [0.717, 1.165) is 9.87 Å². The Labute approximate surface area is 162 Å². The zero-order valence-corrected chi connectivity index (χ0v) is 16.6. The summed E-state index contributed by atoms with van der Waals surface area (Å²) in [7, 11) is -2.34. The maximum Gasteiger partial charge on any atom is 0.252 e. The van der Waals surface area contributed by atoms with E-state index in [0.29, 0.717) is 16.6 Å². The van der Waals surface area contributed by atoms with Gasteiger partial charge in [-0.15, -0.1) is 0 Å². The monoisotopic (exact) mass is 403 g/mol. The highest BCUT2D eigenvalue weighted by Gasteiger charge is 2.28. The number of anilines is 1. The van der Waals surface area contributed by atoms with Crippen molar-refractivity contribution in [2.24, 2.45) is 7.05 Å². The zero-order valence-electron chi connectivity index (χ0n) is 15.8. The van der Waals surface area contributed by atoms with Gasteiger partial charge in [-0.05, 0) is 30.7 Å². The molecule has 0 saturated carbocycles. The van der Waals surface area contributed by atoms with Gasteiger partial charge in [0.25, 0.3) is 5.56 Å². The lowest BCUT2D eigenvalue weighted by Crippen LogP contribution is -2.38. The molecule has 0 fully saturated rings. The minimum atomic E-state index is -3.94. The molecule has 0 saturated heterocycles. The third-order valence-electron chi connectivity index (χ3n) is 4.34. The van der Waals surface area contributed by atoms with Crippen LogP contribution in [0.2, 0.25) is 0 Å². The molecule has 0 radical (unpaired) electrons. The van der Waals surface area contributed by atoms with Gasteiger partial charge in [0.1, 0.15) is 4.90 Å². The second-order valence-corrected chi connectivity index (χ2v) is 8.35. The van der Waals surface area contributed by atoms with Crippen molar-refractivity contribution < 1.29 is 13.2 Å². The van der Waals surface area contributed by atoms with Crippen LogP contribution in [0.25, 0.3) is 10.9 Å². The lowest BCUT2D eigenvalue weighted by Gasteiger charge is -2.20. The van der Waals surface area contributed by atoms with Crippen LogP contribution >= 0.6 is 0 Å². The molecule has 0 unspecified atom stereocenters. The van der Waals surface area contributed by atoms with Crippen LogP contribution in [0.1, 0.15) is 12.5 Å². The van der Waals surface area contributed by atoms with Crippen LogP contribution in [0.3, 0.4) is 0 Å². The van der Waals surface area contributed by atoms with Crippen molar-refractivity contribution in [3.63, 3.8) is 0 Å². The van der Waals surface area contributed by atoms with Crippen LogP contribution in [0.15, 0.2) is 46.3 Å². The number of aryl methyl sites for hydroxylation is 2. The van der Waals surface area contributed by atoms with Crippen molar-refractivity contribution >= 4 is 32.5 Å². The van der Waals surface area contributed by atoms with E-state index in [1.807, 2.05) is 6.07 Å². The molecule has 2 heterocycles. The number of benzene rings is 1. The Bertz CT molecular complexity index is 1200. The number of nitrogens with zero attached hydrogens (tertiary/aromatic N) is 3. The van der Waals surface area contributed by atoms with Crippen LogP contribution in [0, 0.1) is 6.92 Å². The third-order valence-corrected chi connectivity index (χ3v) is 6.28. The van der Waals surface area contributed by atoms with E-state index in [2.05, 4.69) is 15.5 Å². The zero-order chi connectivity index (χ0) is 20.5. The van der Waals surface area contributed by atoms with Crippen molar-refractivity contribution in [3.05, 3.63) is 52.6 Å². The van der Waals surface area contributed by atoms with E-state index < -0.39 is 15.9 Å². The molecule has 1 amide bonds. The van der Waals surface area contributed by atoms with Crippen LogP contribution in [-0.4, -0.2) is 46.5 Å². The molecule has 1 aromatic carbocycles. The number of likely N-dealkylation sites (N-methyl/N-ethyl adjacent to an activating group) is 1. The largest absolute Gasteiger partial charge is 0.325 e. The number of fused-ring (bicyclic) bond motifs is 1. The summed E-state index contributed by atoms with van der Waals surface area (Å²) >= 11 is 0. The molecule has 2 aromatic heterocycles. The average Bonchev–Trinajstić information content (AvgIpc) is 3.10. The number of H-pyrrole nitrogens is 1. The van der Waals surface area contributed by atoms with E-state index in [1.165, 1.54) is 16.8 Å². The number of carbonyl (C=O) groups is 1. The normalized spacial score (nSPS) is 11.9. The highest BCUT2D eigenvalue weighted by molar-refractivity contribution is 7.89. The Morgan fingerprint density at radius 1 is 1.32 bits per heavy atom. The minimum absolute atomic E-state index is 0.0724. The fourth-order valence-electron chi connectivity index (χ4n) is 2.86. The molecule has 0 bridgehead atoms. The number of rotatable bonds is 6. The van der Waals surface area contributed by atoms with Crippen LogP contribution in [-0.2, 0) is 21.9 Å². The van der Waals surface area contributed by atoms with Crippen molar-refractivity contribution in [1.29, 1.82) is 0 Å². The SMILES string of the molecule is CCN(CC(=O)Nc1ccn(C)c(=O)c1)S(=O)(=O)c1cc(C)cc2cn[nH]c12. The standard InChI is InChI=1S/C18H21N5O4S/c1-4-23(11-16(24)20-14-5-6-22(3)17(25)9-14)28(26,27)15-8-12(2)7-13-10-19-21-18(13)15/h5-10H,4,11H2,1-3H3,(H,19,21)(H,20,24). The predicted molar refractivity (Wildman–Crippen MR) is 106 cm³/mol. The number of amides is 1. The topological polar surface area (TPSA) is 117 Å². The fraction of sp³-hybridized carbons (Fsp3) is 0.278. The highest BCUT2D eigenvalue weighted by Crippen LogP contribution is 2.25. The van der Waals surface area contributed by atoms with Gasteiger partial charge in [0.05, 0.1) is 18.3 Å². The molecule has 3 rings (SSSR count). The van der Waals surface area contributed by atoms with E-state index in [1.54, 1.807) is 39.2 Å². The van der Waals surface area contributed by atoms with Gasteiger partial charge in [-0.3, -0.25) is 14.7 Å². The predicted octanol–water partition coefficient (Wildman–Crippen LogP) is 1.22. The Kier molecular flexibility index (Phi) is 5.34. The Hall–Kier alpha value is -2.98. The molecule has 0 aliphatic heterocycles. The summed E-state index contributed by atoms with van der Waals surface area (Å²) in [5.41, 5.74) is 1.20. The minimum Gasteiger partial charge on any atom is -0.325 e. The molecule has 0 aliphatic carbocycles. The van der Waals surface area contributed by atoms with Crippen LogP contribution < -0.4 is 10.9 Å². The van der Waals surface area contributed by atoms with Gasteiger partial charge in [-0.1, -0.05) is 6.92 Å². The summed E-state index contributed by atoms with van der Waals surface area (Å²) in [6, 6.07) is 6.23. The van der Waals surface area contributed by atoms with Gasteiger partial charge < -0.3 is 9.88 Å². The van der Waals surface area contributed by atoms with E-state index in [-0.39, 0.29) is 23.5 Å². The van der Waals surface area contributed by atoms with E-state index in [9.17, 15) is 18.0 Å². The van der Waals surface area contributed by atoms with Crippen molar-refractivity contribution in [2.75, 3.05) is 18.4 Å². The number of sulfonamides is 1. The van der Waals surface area contributed by atoms with Crippen molar-refractivity contribution in [2.45, 2.75) is 18.7 Å². The van der Waals surface area contributed by atoms with Crippen LogP contribution in [0.5, 0.6) is 0 Å². The Morgan fingerprint density at radius 3 is 2.75 bits per heavy atom. The first kappa shape index (κ1) is 19.8. The molecular weight excluding hydrogens is 382 g/mol. The molecule has 0 spiro atoms. The molecule has 10 heteroatoms. The number of hydrogen-bond acceptors (Lipinski definition) is 5. The molecular formula is C18H21N5O4S. The summed E-state index contributed by atoms with van der Waals surface area (Å²) in [5.74, 6) is -0.535. The number of carbonyl (C=O) groups excluding carboxylic acids is 1. The molecule has 2 N–H and O–H groups in total. The van der Waals surface area contributed by atoms with E-state index in [4.69, 9.17) is 0 Å². The summed E-state index contributed by atoms with van der Waals surface area (Å²) in [4.78, 5) is 24.1. The number of pyridine rings is 1. The lowest BCUT2D eigenvalue weighted by atomic mass is 10.2. The number of aromatic amines is 1. The van der Waals surface area contributed by atoms with Crippen molar-refractivity contribution in [3.8, 4) is 0 Å². The second kappa shape index (κ2) is 7.56. The first-order valence-electron chi connectivity index (χ1n) is 8.62. The van der Waals surface area contributed by atoms with Gasteiger partial charge in [-0.25, -0.2) is 8.42 Å². The molecule has 148 valence electrons. The van der Waals surface area contributed by atoms with E-state index >= 15 is 0 Å². The summed E-state index contributed by atoms with van der Waals surface area (Å²) in [6.45, 7) is 3.18. The van der Waals surface area contributed by atoms with Gasteiger partial charge in [0.2, 0.25) is 15.9 Å². The maximum atomic E-state index is 13.2. The number of aromatic nitrogens is 3. The Morgan fingerprint density at radius 2 is 2.07 bits per heavy atom. The highest BCUT2D eigenvalue weighted by atomic mass is 32.2. The van der Waals surface area contributed by atoms with Gasteiger partial charge in [0.15, 0.2) is 0 Å². The summed E-state index contributed by atoms with van der Waals surface area (Å²) in [6.07, 6.45) is 3.08. The fourth-order valence-corrected chi connectivity index (χ4v) is 4.53. The Balaban J connectivity index is 1.87. The number of hydrogen-bond donors (Lipinski definition) is 2. The lowest BCUT2D eigenvalue weighted by molar-refractivity contribution is -0.116.